The van der Waals surface area contributed by atoms with Crippen molar-refractivity contribution in [3.05, 3.63) is 71.4 Å². The number of hydrogen-bond donors (Lipinski definition) is 1. The van der Waals surface area contributed by atoms with Crippen LogP contribution in [0, 0.1) is 11.6 Å². The maximum atomic E-state index is 13.9. The van der Waals surface area contributed by atoms with Crippen LogP contribution in [0.3, 0.4) is 0 Å². The SMILES string of the molecule is Fc1cccc(CN2CCn3nc(CNc4cnccn4)cc3C2)c1F. The molecule has 0 radical (unpaired) electrons. The highest BCUT2D eigenvalue weighted by Crippen LogP contribution is 2.19. The Kier molecular flexibility index (Phi) is 4.57. The second-order valence-electron chi connectivity index (χ2n) is 6.22. The van der Waals surface area contributed by atoms with Crippen LogP contribution in [-0.4, -0.2) is 31.2 Å². The van der Waals surface area contributed by atoms with Crippen molar-refractivity contribution >= 4 is 5.82 Å². The van der Waals surface area contributed by atoms with Gasteiger partial charge in [0.2, 0.25) is 0 Å². The molecule has 134 valence electrons. The maximum Gasteiger partial charge on any atom is 0.163 e. The second kappa shape index (κ2) is 7.17. The summed E-state index contributed by atoms with van der Waals surface area (Å²) in [6.45, 7) is 3.03. The topological polar surface area (TPSA) is 58.9 Å². The zero-order chi connectivity index (χ0) is 17.9. The van der Waals surface area contributed by atoms with Crippen LogP contribution >= 0.6 is 0 Å². The molecule has 0 atom stereocenters. The van der Waals surface area contributed by atoms with Crippen molar-refractivity contribution in [1.82, 2.24) is 24.6 Å². The first kappa shape index (κ1) is 16.6. The fourth-order valence-electron chi connectivity index (χ4n) is 3.08. The molecule has 0 amide bonds. The number of nitrogens with zero attached hydrogens (tertiary/aromatic N) is 5. The first-order chi connectivity index (χ1) is 12.7. The van der Waals surface area contributed by atoms with Crippen molar-refractivity contribution in [2.45, 2.75) is 26.2 Å². The Morgan fingerprint density at radius 3 is 2.92 bits per heavy atom. The molecular formula is C18H18F2N6. The minimum atomic E-state index is -0.804. The summed E-state index contributed by atoms with van der Waals surface area (Å²) in [7, 11) is 0. The minimum Gasteiger partial charge on any atom is -0.363 e. The van der Waals surface area contributed by atoms with Gasteiger partial charge in [-0.25, -0.2) is 13.8 Å². The van der Waals surface area contributed by atoms with Crippen LogP contribution in [0.25, 0.3) is 0 Å². The quantitative estimate of drug-likeness (QED) is 0.761. The Labute approximate surface area is 149 Å². The molecule has 1 N–H and O–H groups in total. The monoisotopic (exact) mass is 356 g/mol. The summed E-state index contributed by atoms with van der Waals surface area (Å²) in [5.74, 6) is -0.871. The second-order valence-corrected chi connectivity index (χ2v) is 6.22. The molecule has 1 aromatic carbocycles. The molecule has 0 bridgehead atoms. The Morgan fingerprint density at radius 1 is 1.15 bits per heavy atom. The number of nitrogens with one attached hydrogen (secondary N) is 1. The van der Waals surface area contributed by atoms with Crippen molar-refractivity contribution < 1.29 is 8.78 Å². The largest absolute Gasteiger partial charge is 0.363 e. The van der Waals surface area contributed by atoms with Crippen molar-refractivity contribution in [2.75, 3.05) is 11.9 Å². The number of benzene rings is 1. The van der Waals surface area contributed by atoms with Crippen LogP contribution in [0.1, 0.15) is 17.0 Å². The van der Waals surface area contributed by atoms with E-state index < -0.39 is 11.6 Å². The average molecular weight is 356 g/mol. The molecule has 0 aliphatic carbocycles. The highest BCUT2D eigenvalue weighted by atomic mass is 19.2. The molecule has 8 heteroatoms. The molecule has 1 aliphatic rings. The Morgan fingerprint density at radius 2 is 2.08 bits per heavy atom. The van der Waals surface area contributed by atoms with E-state index in [-0.39, 0.29) is 0 Å². The van der Waals surface area contributed by atoms with Crippen LogP contribution < -0.4 is 5.32 Å². The standard InChI is InChI=1S/C18H18F2N6/c19-16-3-1-2-13(18(16)20)11-25-6-7-26-15(12-25)8-14(24-26)9-23-17-10-21-4-5-22-17/h1-5,8,10H,6-7,9,11-12H2,(H,22,23). The fourth-order valence-corrected chi connectivity index (χ4v) is 3.08. The van der Waals surface area contributed by atoms with Gasteiger partial charge in [0, 0.05) is 37.6 Å². The van der Waals surface area contributed by atoms with Crippen molar-refractivity contribution in [3.8, 4) is 0 Å². The molecule has 0 fully saturated rings. The van der Waals surface area contributed by atoms with Gasteiger partial charge >= 0.3 is 0 Å². The number of fused-ring (bicyclic) bond motifs is 1. The van der Waals surface area contributed by atoms with Gasteiger partial charge in [0.05, 0.1) is 30.7 Å². The van der Waals surface area contributed by atoms with Gasteiger partial charge in [0.1, 0.15) is 5.82 Å². The summed E-state index contributed by atoms with van der Waals surface area (Å²) in [6.07, 6.45) is 4.91. The van der Waals surface area contributed by atoms with E-state index in [1.807, 2.05) is 10.7 Å². The molecule has 0 saturated heterocycles. The highest BCUT2D eigenvalue weighted by molar-refractivity contribution is 5.31. The average Bonchev–Trinajstić information content (AvgIpc) is 3.07. The van der Waals surface area contributed by atoms with Crippen LogP contribution in [0.15, 0.2) is 42.9 Å². The third-order valence-corrected chi connectivity index (χ3v) is 4.37. The number of anilines is 1. The lowest BCUT2D eigenvalue weighted by Gasteiger charge is -2.27. The van der Waals surface area contributed by atoms with E-state index in [4.69, 9.17) is 0 Å². The van der Waals surface area contributed by atoms with E-state index >= 15 is 0 Å². The Balaban J connectivity index is 1.41. The molecule has 3 heterocycles. The summed E-state index contributed by atoms with van der Waals surface area (Å²) in [5, 5.41) is 7.76. The van der Waals surface area contributed by atoms with Gasteiger partial charge in [-0.3, -0.25) is 14.6 Å². The third kappa shape index (κ3) is 3.55. The lowest BCUT2D eigenvalue weighted by Crippen LogP contribution is -2.33. The number of rotatable bonds is 5. The maximum absolute atomic E-state index is 13.9. The lowest BCUT2D eigenvalue weighted by atomic mass is 10.1. The first-order valence-corrected chi connectivity index (χ1v) is 8.40. The molecule has 2 aromatic heterocycles. The molecule has 4 rings (SSSR count). The van der Waals surface area contributed by atoms with Crippen LogP contribution in [0.4, 0.5) is 14.6 Å². The van der Waals surface area contributed by atoms with E-state index in [9.17, 15) is 8.78 Å². The number of halogens is 2. The minimum absolute atomic E-state index is 0.377. The van der Waals surface area contributed by atoms with Crippen molar-refractivity contribution in [3.63, 3.8) is 0 Å². The smallest absolute Gasteiger partial charge is 0.163 e. The fraction of sp³-hybridized carbons (Fsp3) is 0.278. The molecule has 6 nitrogen and oxygen atoms in total. The van der Waals surface area contributed by atoms with Gasteiger partial charge in [-0.15, -0.1) is 0 Å². The zero-order valence-corrected chi connectivity index (χ0v) is 14.1. The van der Waals surface area contributed by atoms with Crippen molar-refractivity contribution in [2.24, 2.45) is 0 Å². The zero-order valence-electron chi connectivity index (χ0n) is 14.1. The lowest BCUT2D eigenvalue weighted by molar-refractivity contribution is 0.202. The molecule has 26 heavy (non-hydrogen) atoms. The molecule has 1 aliphatic heterocycles. The predicted molar refractivity (Wildman–Crippen MR) is 92.1 cm³/mol. The molecule has 0 unspecified atom stereocenters. The van der Waals surface area contributed by atoms with Gasteiger partial charge < -0.3 is 5.32 Å². The van der Waals surface area contributed by atoms with E-state index in [1.54, 1.807) is 24.7 Å². The van der Waals surface area contributed by atoms with Gasteiger partial charge in [0.15, 0.2) is 11.6 Å². The number of hydrogen-bond acceptors (Lipinski definition) is 5. The molecular weight excluding hydrogens is 338 g/mol. The summed E-state index contributed by atoms with van der Waals surface area (Å²) >= 11 is 0. The van der Waals surface area contributed by atoms with E-state index in [0.717, 1.165) is 30.5 Å². The molecule has 0 spiro atoms. The van der Waals surface area contributed by atoms with Crippen LogP contribution in [0.2, 0.25) is 0 Å². The van der Waals surface area contributed by atoms with Gasteiger partial charge in [-0.05, 0) is 12.1 Å². The van der Waals surface area contributed by atoms with Crippen molar-refractivity contribution in [1.29, 1.82) is 0 Å². The van der Waals surface area contributed by atoms with E-state index in [0.29, 0.717) is 31.0 Å². The summed E-state index contributed by atoms with van der Waals surface area (Å²) in [6, 6.07) is 6.33. The summed E-state index contributed by atoms with van der Waals surface area (Å²) in [5.41, 5.74) is 2.34. The van der Waals surface area contributed by atoms with Crippen LogP contribution in [0.5, 0.6) is 0 Å². The van der Waals surface area contributed by atoms with Gasteiger partial charge in [-0.2, -0.15) is 5.10 Å². The number of aromatic nitrogens is 4. The molecule has 0 saturated carbocycles. The highest BCUT2D eigenvalue weighted by Gasteiger charge is 2.20. The third-order valence-electron chi connectivity index (χ3n) is 4.37. The van der Waals surface area contributed by atoms with Gasteiger partial charge in [-0.1, -0.05) is 12.1 Å². The van der Waals surface area contributed by atoms with E-state index in [1.165, 1.54) is 6.07 Å². The summed E-state index contributed by atoms with van der Waals surface area (Å²) in [4.78, 5) is 10.3. The van der Waals surface area contributed by atoms with Crippen LogP contribution in [-0.2, 0) is 26.2 Å². The van der Waals surface area contributed by atoms with E-state index in [2.05, 4.69) is 25.3 Å². The Hall–Kier alpha value is -2.87. The summed E-state index contributed by atoms with van der Waals surface area (Å²) < 4.78 is 29.2. The normalized spacial score (nSPS) is 14.2. The van der Waals surface area contributed by atoms with Gasteiger partial charge in [0.25, 0.3) is 0 Å². The predicted octanol–water partition coefficient (Wildman–Crippen LogP) is 2.58. The molecule has 3 aromatic rings. The first-order valence-electron chi connectivity index (χ1n) is 8.40. The Bertz CT molecular complexity index is 896.